The molecule has 4 nitrogen and oxygen atoms in total. The summed E-state index contributed by atoms with van der Waals surface area (Å²) in [6.07, 6.45) is 7.10. The SMILES string of the molecule is CC[C@H](C)[C@@H](/C=C/C(=O)N1[C@@H]2CC[C@H]1c1ccccc12)CC(=O)[C@H](C)N. The van der Waals surface area contributed by atoms with Crippen LogP contribution >= 0.6 is 0 Å². The Bertz CT molecular complexity index is 679. The number of ketones is 1. The summed E-state index contributed by atoms with van der Waals surface area (Å²) in [5, 5.41) is 0. The summed E-state index contributed by atoms with van der Waals surface area (Å²) in [6, 6.07) is 8.36. The van der Waals surface area contributed by atoms with Crippen LogP contribution in [-0.4, -0.2) is 22.6 Å². The molecule has 2 bridgehead atoms. The number of fused-ring (bicyclic) bond motifs is 5. The second kappa shape index (κ2) is 7.75. The van der Waals surface area contributed by atoms with Crippen molar-refractivity contribution in [1.29, 1.82) is 0 Å². The zero-order chi connectivity index (χ0) is 18.8. The fourth-order valence-corrected chi connectivity index (χ4v) is 4.32. The molecular weight excluding hydrogens is 324 g/mol. The van der Waals surface area contributed by atoms with Gasteiger partial charge in [-0.05, 0) is 48.8 Å². The van der Waals surface area contributed by atoms with Crippen LogP contribution in [0.4, 0.5) is 0 Å². The molecule has 0 aliphatic carbocycles. The predicted octanol–water partition coefficient (Wildman–Crippen LogP) is 3.93. The molecule has 5 atom stereocenters. The Morgan fingerprint density at radius 3 is 2.27 bits per heavy atom. The fourth-order valence-electron chi connectivity index (χ4n) is 4.32. The summed E-state index contributed by atoms with van der Waals surface area (Å²) < 4.78 is 0. The van der Waals surface area contributed by atoms with Crippen molar-refractivity contribution in [2.45, 2.75) is 64.6 Å². The van der Waals surface area contributed by atoms with Crippen LogP contribution in [0.5, 0.6) is 0 Å². The molecule has 0 spiro atoms. The standard InChI is InChI=1S/C22H30N2O2/c1-4-14(2)16(13-21(25)15(3)23)9-12-22(26)24-19-10-11-20(24)18-8-6-5-7-17(18)19/h5-9,12,14-16,19-20H,4,10-11,13,23H2,1-3H3/b12-9+/t14-,15-,16-,19-,20+/m0/s1. The Morgan fingerprint density at radius 1 is 1.19 bits per heavy atom. The molecule has 2 N–H and O–H groups in total. The van der Waals surface area contributed by atoms with Gasteiger partial charge < -0.3 is 10.6 Å². The third-order valence-corrected chi connectivity index (χ3v) is 6.16. The van der Waals surface area contributed by atoms with Gasteiger partial charge >= 0.3 is 0 Å². The molecule has 3 rings (SSSR count). The second-order valence-electron chi connectivity index (χ2n) is 7.85. The van der Waals surface area contributed by atoms with Crippen LogP contribution < -0.4 is 5.73 Å². The number of benzene rings is 1. The highest BCUT2D eigenvalue weighted by atomic mass is 16.2. The van der Waals surface area contributed by atoms with Gasteiger partial charge in [0.15, 0.2) is 0 Å². The monoisotopic (exact) mass is 354 g/mol. The summed E-state index contributed by atoms with van der Waals surface area (Å²) in [5.74, 6) is 0.524. The Balaban J connectivity index is 1.73. The Morgan fingerprint density at radius 2 is 1.77 bits per heavy atom. The van der Waals surface area contributed by atoms with E-state index in [-0.39, 0.29) is 29.7 Å². The first-order valence-electron chi connectivity index (χ1n) is 9.81. The number of nitrogens with two attached hydrogens (primary N) is 1. The van der Waals surface area contributed by atoms with E-state index < -0.39 is 6.04 Å². The van der Waals surface area contributed by atoms with E-state index in [0.29, 0.717) is 12.3 Å². The number of carbonyl (C=O) groups is 2. The lowest BCUT2D eigenvalue weighted by atomic mass is 9.86. The molecule has 0 unspecified atom stereocenters. The van der Waals surface area contributed by atoms with Crippen molar-refractivity contribution in [3.63, 3.8) is 0 Å². The smallest absolute Gasteiger partial charge is 0.247 e. The van der Waals surface area contributed by atoms with Crippen molar-refractivity contribution in [2.24, 2.45) is 17.6 Å². The summed E-state index contributed by atoms with van der Waals surface area (Å²) in [5.41, 5.74) is 8.33. The first kappa shape index (κ1) is 18.8. The molecule has 1 aromatic rings. The van der Waals surface area contributed by atoms with E-state index in [9.17, 15) is 9.59 Å². The van der Waals surface area contributed by atoms with Crippen LogP contribution in [-0.2, 0) is 9.59 Å². The molecule has 0 saturated carbocycles. The number of Topliss-reactive ketones (excluding diaryl/α,β-unsaturated/α-hetero) is 1. The first-order chi connectivity index (χ1) is 12.4. The molecule has 140 valence electrons. The topological polar surface area (TPSA) is 63.4 Å². The van der Waals surface area contributed by atoms with Gasteiger partial charge in [0.2, 0.25) is 5.91 Å². The molecule has 1 fully saturated rings. The minimum Gasteiger partial charge on any atom is -0.325 e. The summed E-state index contributed by atoms with van der Waals surface area (Å²) in [4.78, 5) is 27.1. The zero-order valence-corrected chi connectivity index (χ0v) is 16.0. The average Bonchev–Trinajstić information content (AvgIpc) is 3.21. The van der Waals surface area contributed by atoms with Gasteiger partial charge in [0.25, 0.3) is 0 Å². The van der Waals surface area contributed by atoms with Crippen molar-refractivity contribution in [3.05, 3.63) is 47.5 Å². The molecule has 2 aliphatic rings. The molecule has 1 aromatic carbocycles. The van der Waals surface area contributed by atoms with Crippen molar-refractivity contribution < 1.29 is 9.59 Å². The summed E-state index contributed by atoms with van der Waals surface area (Å²) in [7, 11) is 0. The minimum atomic E-state index is -0.449. The fraction of sp³-hybridized carbons (Fsp3) is 0.545. The predicted molar refractivity (Wildman–Crippen MR) is 103 cm³/mol. The second-order valence-corrected chi connectivity index (χ2v) is 7.85. The van der Waals surface area contributed by atoms with E-state index >= 15 is 0 Å². The van der Waals surface area contributed by atoms with E-state index in [1.807, 2.05) is 11.0 Å². The van der Waals surface area contributed by atoms with E-state index in [0.717, 1.165) is 19.3 Å². The molecular formula is C22H30N2O2. The lowest BCUT2D eigenvalue weighted by molar-refractivity contribution is -0.128. The summed E-state index contributed by atoms with van der Waals surface area (Å²) >= 11 is 0. The van der Waals surface area contributed by atoms with Gasteiger partial charge in [0, 0.05) is 6.42 Å². The molecule has 2 heterocycles. The lowest BCUT2D eigenvalue weighted by Gasteiger charge is -2.23. The quantitative estimate of drug-likeness (QED) is 0.755. The lowest BCUT2D eigenvalue weighted by Crippen LogP contribution is -2.30. The number of allylic oxidation sites excluding steroid dienone is 1. The van der Waals surface area contributed by atoms with Crippen molar-refractivity contribution in [1.82, 2.24) is 4.90 Å². The van der Waals surface area contributed by atoms with Crippen LogP contribution in [0.3, 0.4) is 0 Å². The summed E-state index contributed by atoms with van der Waals surface area (Å²) in [6.45, 7) is 5.97. The molecule has 0 radical (unpaired) electrons. The number of amides is 1. The molecule has 0 aromatic heterocycles. The largest absolute Gasteiger partial charge is 0.325 e. The van der Waals surface area contributed by atoms with Gasteiger partial charge in [0.05, 0.1) is 18.1 Å². The third kappa shape index (κ3) is 3.48. The van der Waals surface area contributed by atoms with Crippen LogP contribution in [0.1, 0.15) is 69.7 Å². The normalized spacial score (nSPS) is 24.5. The maximum absolute atomic E-state index is 12.9. The first-order valence-corrected chi connectivity index (χ1v) is 9.81. The van der Waals surface area contributed by atoms with Crippen LogP contribution in [0.25, 0.3) is 0 Å². The van der Waals surface area contributed by atoms with Gasteiger partial charge in [-0.3, -0.25) is 9.59 Å². The molecule has 26 heavy (non-hydrogen) atoms. The highest BCUT2D eigenvalue weighted by molar-refractivity contribution is 5.89. The van der Waals surface area contributed by atoms with Crippen LogP contribution in [0.2, 0.25) is 0 Å². The van der Waals surface area contributed by atoms with E-state index in [4.69, 9.17) is 5.73 Å². The minimum absolute atomic E-state index is 0.0565. The van der Waals surface area contributed by atoms with Gasteiger partial charge in [-0.1, -0.05) is 50.6 Å². The maximum atomic E-state index is 12.9. The molecule has 1 amide bonds. The van der Waals surface area contributed by atoms with Crippen molar-refractivity contribution >= 4 is 11.7 Å². The number of rotatable bonds is 7. The number of carbonyl (C=O) groups excluding carboxylic acids is 2. The van der Waals surface area contributed by atoms with Crippen molar-refractivity contribution in [2.75, 3.05) is 0 Å². The maximum Gasteiger partial charge on any atom is 0.247 e. The van der Waals surface area contributed by atoms with Crippen molar-refractivity contribution in [3.8, 4) is 0 Å². The number of hydrogen-bond donors (Lipinski definition) is 1. The molecule has 4 heteroatoms. The van der Waals surface area contributed by atoms with E-state index in [1.54, 1.807) is 13.0 Å². The Labute approximate surface area is 156 Å². The number of hydrogen-bond acceptors (Lipinski definition) is 3. The highest BCUT2D eigenvalue weighted by Crippen LogP contribution is 2.52. The molecule has 1 saturated heterocycles. The molecule has 2 aliphatic heterocycles. The average molecular weight is 354 g/mol. The van der Waals surface area contributed by atoms with Gasteiger partial charge in [-0.2, -0.15) is 0 Å². The van der Waals surface area contributed by atoms with Crippen LogP contribution in [0, 0.1) is 11.8 Å². The van der Waals surface area contributed by atoms with Crippen LogP contribution in [0.15, 0.2) is 36.4 Å². The van der Waals surface area contributed by atoms with Gasteiger partial charge in [-0.25, -0.2) is 0 Å². The number of nitrogens with zero attached hydrogens (tertiary/aromatic N) is 1. The van der Waals surface area contributed by atoms with Gasteiger partial charge in [-0.15, -0.1) is 0 Å². The van der Waals surface area contributed by atoms with E-state index in [2.05, 4.69) is 38.1 Å². The Kier molecular flexibility index (Phi) is 5.61. The van der Waals surface area contributed by atoms with E-state index in [1.165, 1.54) is 11.1 Å². The third-order valence-electron chi connectivity index (χ3n) is 6.16. The Hall–Kier alpha value is -1.94. The van der Waals surface area contributed by atoms with Gasteiger partial charge in [0.1, 0.15) is 5.78 Å². The highest BCUT2D eigenvalue weighted by Gasteiger charge is 2.45. The zero-order valence-electron chi connectivity index (χ0n) is 16.0.